The highest BCUT2D eigenvalue weighted by Gasteiger charge is 2.31. The second-order valence-corrected chi connectivity index (χ2v) is 6.79. The van der Waals surface area contributed by atoms with Crippen molar-refractivity contribution in [1.82, 2.24) is 15.0 Å². The van der Waals surface area contributed by atoms with E-state index in [1.54, 1.807) is 6.07 Å². The summed E-state index contributed by atoms with van der Waals surface area (Å²) in [7, 11) is 0. The molecule has 0 bridgehead atoms. The molecule has 1 atom stereocenters. The fourth-order valence-corrected chi connectivity index (χ4v) is 3.91. The number of rotatable bonds is 3. The average molecular weight is 340 g/mol. The van der Waals surface area contributed by atoms with Gasteiger partial charge in [0.1, 0.15) is 6.26 Å². The Labute approximate surface area is 148 Å². The van der Waals surface area contributed by atoms with E-state index in [1.165, 1.54) is 12.0 Å². The Bertz CT molecular complexity index is 681. The number of para-hydroxylation sites is 1. The van der Waals surface area contributed by atoms with Crippen LogP contribution in [0.1, 0.15) is 23.3 Å². The summed E-state index contributed by atoms with van der Waals surface area (Å²) >= 11 is 0. The first-order valence-electron chi connectivity index (χ1n) is 9.05. The molecule has 4 rings (SSSR count). The third kappa shape index (κ3) is 3.54. The van der Waals surface area contributed by atoms with Crippen molar-refractivity contribution in [3.63, 3.8) is 0 Å². The van der Waals surface area contributed by atoms with Gasteiger partial charge in [-0.1, -0.05) is 23.4 Å². The first-order valence-corrected chi connectivity index (χ1v) is 9.05. The van der Waals surface area contributed by atoms with Crippen LogP contribution >= 0.6 is 0 Å². The van der Waals surface area contributed by atoms with Gasteiger partial charge in [-0.3, -0.25) is 9.69 Å². The minimum Gasteiger partial charge on any atom is -0.369 e. The predicted molar refractivity (Wildman–Crippen MR) is 95.7 cm³/mol. The van der Waals surface area contributed by atoms with Crippen molar-refractivity contribution in [2.24, 2.45) is 0 Å². The van der Waals surface area contributed by atoms with Gasteiger partial charge in [0.25, 0.3) is 5.91 Å². The molecule has 6 nitrogen and oxygen atoms in total. The number of nitrogens with zero attached hydrogens (tertiary/aromatic N) is 4. The molecule has 2 aliphatic rings. The monoisotopic (exact) mass is 340 g/mol. The molecule has 0 spiro atoms. The third-order valence-corrected chi connectivity index (χ3v) is 5.29. The number of anilines is 1. The Morgan fingerprint density at radius 1 is 1.04 bits per heavy atom. The molecule has 0 saturated carbocycles. The first-order chi connectivity index (χ1) is 12.3. The lowest BCUT2D eigenvalue weighted by molar-refractivity contribution is 0.0554. The predicted octanol–water partition coefficient (Wildman–Crippen LogP) is 2.10. The molecule has 0 aliphatic carbocycles. The molecule has 0 N–H and O–H groups in total. The van der Waals surface area contributed by atoms with Crippen LogP contribution in [0.15, 0.2) is 47.2 Å². The number of likely N-dealkylation sites (tertiary alicyclic amines) is 1. The molecule has 1 aromatic carbocycles. The van der Waals surface area contributed by atoms with Crippen LogP contribution in [0.25, 0.3) is 0 Å². The number of piperidine rings is 1. The van der Waals surface area contributed by atoms with Gasteiger partial charge in [-0.15, -0.1) is 0 Å². The number of benzene rings is 1. The maximum Gasteiger partial charge on any atom is 0.276 e. The lowest BCUT2D eigenvalue weighted by atomic mass is 10.0. The van der Waals surface area contributed by atoms with E-state index in [9.17, 15) is 4.79 Å². The fourth-order valence-electron chi connectivity index (χ4n) is 3.91. The van der Waals surface area contributed by atoms with Gasteiger partial charge in [-0.25, -0.2) is 0 Å². The zero-order chi connectivity index (χ0) is 17.1. The molecule has 6 heteroatoms. The van der Waals surface area contributed by atoms with Crippen LogP contribution in [-0.2, 0) is 0 Å². The number of piperazine rings is 1. The van der Waals surface area contributed by atoms with Gasteiger partial charge in [0.15, 0.2) is 5.69 Å². The van der Waals surface area contributed by atoms with E-state index < -0.39 is 0 Å². The van der Waals surface area contributed by atoms with Crippen molar-refractivity contribution in [2.45, 2.75) is 18.9 Å². The van der Waals surface area contributed by atoms with E-state index in [0.29, 0.717) is 11.7 Å². The minimum atomic E-state index is -0.0126. The molecule has 1 aromatic heterocycles. The lowest BCUT2D eigenvalue weighted by Gasteiger charge is -2.43. The van der Waals surface area contributed by atoms with Gasteiger partial charge in [-0.05, 0) is 25.0 Å². The summed E-state index contributed by atoms with van der Waals surface area (Å²) in [6.07, 6.45) is 3.67. The molecule has 25 heavy (non-hydrogen) atoms. The van der Waals surface area contributed by atoms with Gasteiger partial charge in [-0.2, -0.15) is 0 Å². The molecule has 1 amide bonds. The van der Waals surface area contributed by atoms with Gasteiger partial charge < -0.3 is 14.3 Å². The maximum atomic E-state index is 12.5. The van der Waals surface area contributed by atoms with E-state index in [1.807, 2.05) is 4.90 Å². The van der Waals surface area contributed by atoms with Crippen LogP contribution in [0.5, 0.6) is 0 Å². The number of hydrogen-bond donors (Lipinski definition) is 0. The Kier molecular flexibility index (Phi) is 4.70. The number of amides is 1. The summed E-state index contributed by atoms with van der Waals surface area (Å²) in [5, 5.41) is 3.79. The molecule has 2 aromatic rings. The highest BCUT2D eigenvalue weighted by Crippen LogP contribution is 2.21. The molecular formula is C19H24N4O2. The van der Waals surface area contributed by atoms with Gasteiger partial charge in [0, 0.05) is 57.1 Å². The van der Waals surface area contributed by atoms with Crippen molar-refractivity contribution in [1.29, 1.82) is 0 Å². The van der Waals surface area contributed by atoms with E-state index in [0.717, 1.165) is 52.1 Å². The van der Waals surface area contributed by atoms with Gasteiger partial charge >= 0.3 is 0 Å². The normalized spacial score (nSPS) is 22.2. The highest BCUT2D eigenvalue weighted by atomic mass is 16.5. The Morgan fingerprint density at radius 3 is 2.56 bits per heavy atom. The summed E-state index contributed by atoms with van der Waals surface area (Å²) in [4.78, 5) is 19.4. The Balaban J connectivity index is 1.34. The Morgan fingerprint density at radius 2 is 1.84 bits per heavy atom. The standard InChI is InChI=1S/C19H24N4O2/c24-19(18-8-14-25-20-18)23-9-4-7-17(15-23)22-12-10-21(11-13-22)16-5-2-1-3-6-16/h1-3,5-6,8,14,17H,4,7,9-13,15H2. The van der Waals surface area contributed by atoms with Gasteiger partial charge in [0.2, 0.25) is 0 Å². The summed E-state index contributed by atoms with van der Waals surface area (Å²) in [5.41, 5.74) is 1.71. The molecule has 2 fully saturated rings. The van der Waals surface area contributed by atoms with E-state index in [4.69, 9.17) is 4.52 Å². The quantitative estimate of drug-likeness (QED) is 0.856. The molecule has 132 valence electrons. The SMILES string of the molecule is O=C(c1ccon1)N1CCCC(N2CCN(c3ccccc3)CC2)C1. The second-order valence-electron chi connectivity index (χ2n) is 6.79. The zero-order valence-corrected chi connectivity index (χ0v) is 14.4. The van der Waals surface area contributed by atoms with Crippen molar-refractivity contribution < 1.29 is 9.32 Å². The van der Waals surface area contributed by atoms with Crippen molar-refractivity contribution in [3.05, 3.63) is 48.4 Å². The van der Waals surface area contributed by atoms with Crippen LogP contribution in [0.2, 0.25) is 0 Å². The highest BCUT2D eigenvalue weighted by molar-refractivity contribution is 5.92. The number of hydrogen-bond acceptors (Lipinski definition) is 5. The van der Waals surface area contributed by atoms with Crippen LogP contribution in [0.3, 0.4) is 0 Å². The molecule has 3 heterocycles. The molecular weight excluding hydrogens is 316 g/mol. The maximum absolute atomic E-state index is 12.5. The summed E-state index contributed by atoms with van der Waals surface area (Å²) < 4.78 is 4.81. The average Bonchev–Trinajstić information content (AvgIpc) is 3.23. The van der Waals surface area contributed by atoms with Crippen molar-refractivity contribution >= 4 is 11.6 Å². The van der Waals surface area contributed by atoms with E-state index in [-0.39, 0.29) is 5.91 Å². The number of carbonyl (C=O) groups excluding carboxylic acids is 1. The molecule has 2 aliphatic heterocycles. The third-order valence-electron chi connectivity index (χ3n) is 5.29. The summed E-state index contributed by atoms with van der Waals surface area (Å²) in [6, 6.07) is 12.7. The molecule has 2 saturated heterocycles. The Hall–Kier alpha value is -2.34. The molecule has 1 unspecified atom stereocenters. The smallest absolute Gasteiger partial charge is 0.276 e. The first kappa shape index (κ1) is 16.1. The number of carbonyl (C=O) groups is 1. The van der Waals surface area contributed by atoms with Gasteiger partial charge in [0.05, 0.1) is 0 Å². The second kappa shape index (κ2) is 7.27. The van der Waals surface area contributed by atoms with E-state index in [2.05, 4.69) is 45.3 Å². The zero-order valence-electron chi connectivity index (χ0n) is 14.4. The van der Waals surface area contributed by atoms with Crippen molar-refractivity contribution in [2.75, 3.05) is 44.2 Å². The topological polar surface area (TPSA) is 52.8 Å². The summed E-state index contributed by atoms with van der Waals surface area (Å²) in [5.74, 6) is -0.0126. The number of aromatic nitrogens is 1. The minimum absolute atomic E-state index is 0.0126. The lowest BCUT2D eigenvalue weighted by Crippen LogP contribution is -2.55. The molecule has 0 radical (unpaired) electrons. The van der Waals surface area contributed by atoms with Crippen LogP contribution in [-0.4, -0.2) is 66.2 Å². The van der Waals surface area contributed by atoms with Crippen LogP contribution in [0.4, 0.5) is 5.69 Å². The van der Waals surface area contributed by atoms with Crippen molar-refractivity contribution in [3.8, 4) is 0 Å². The van der Waals surface area contributed by atoms with Crippen LogP contribution in [0, 0.1) is 0 Å². The summed E-state index contributed by atoms with van der Waals surface area (Å²) in [6.45, 7) is 5.77. The largest absolute Gasteiger partial charge is 0.369 e. The fraction of sp³-hybridized carbons (Fsp3) is 0.474. The van der Waals surface area contributed by atoms with E-state index >= 15 is 0 Å². The van der Waals surface area contributed by atoms with Crippen LogP contribution < -0.4 is 4.90 Å².